The van der Waals surface area contributed by atoms with Gasteiger partial charge in [0.2, 0.25) is 0 Å². The summed E-state index contributed by atoms with van der Waals surface area (Å²) < 4.78 is 16.9. The number of likely N-dealkylation sites (N-methyl/N-ethyl adjacent to an activating group) is 1. The summed E-state index contributed by atoms with van der Waals surface area (Å²) in [7, 11) is 1.67. The van der Waals surface area contributed by atoms with Crippen LogP contribution >= 0.6 is 23.7 Å². The Morgan fingerprint density at radius 3 is 2.68 bits per heavy atom. The van der Waals surface area contributed by atoms with E-state index in [4.69, 9.17) is 14.2 Å². The number of nitrogens with zero attached hydrogens (tertiary/aromatic N) is 1. The largest absolute Gasteiger partial charge is 0.491 e. The first-order chi connectivity index (χ1) is 14.5. The summed E-state index contributed by atoms with van der Waals surface area (Å²) in [6, 6.07) is 10.3. The minimum atomic E-state index is -0.407. The minimum Gasteiger partial charge on any atom is -0.491 e. The molecule has 0 saturated carbocycles. The van der Waals surface area contributed by atoms with Crippen LogP contribution in [0.2, 0.25) is 0 Å². The zero-order valence-electron chi connectivity index (χ0n) is 18.9. The predicted octanol–water partition coefficient (Wildman–Crippen LogP) is 5.54. The molecule has 6 heteroatoms. The average Bonchev–Trinajstić information content (AvgIpc) is 3.29. The van der Waals surface area contributed by atoms with Crippen molar-refractivity contribution in [3.05, 3.63) is 53.2 Å². The molecule has 0 amide bonds. The molecule has 1 aromatic heterocycles. The molecule has 2 aromatic rings. The van der Waals surface area contributed by atoms with Gasteiger partial charge in [0.05, 0.1) is 13.2 Å². The minimum absolute atomic E-state index is 0. The lowest BCUT2D eigenvalue weighted by molar-refractivity contribution is 0.0742. The fraction of sp³-hybridized carbons (Fsp3) is 0.440. The Bertz CT molecular complexity index is 825. The van der Waals surface area contributed by atoms with Crippen molar-refractivity contribution >= 4 is 23.7 Å². The lowest BCUT2D eigenvalue weighted by Crippen LogP contribution is -2.28. The molecule has 0 aliphatic rings. The molecule has 1 heterocycles. The van der Waals surface area contributed by atoms with Gasteiger partial charge in [0.15, 0.2) is 0 Å². The number of methoxy groups -OCH3 is 1. The van der Waals surface area contributed by atoms with Crippen LogP contribution in [0.3, 0.4) is 0 Å². The highest BCUT2D eigenvalue weighted by atomic mass is 35.5. The van der Waals surface area contributed by atoms with Gasteiger partial charge in [-0.2, -0.15) is 11.3 Å². The van der Waals surface area contributed by atoms with E-state index in [2.05, 4.69) is 58.7 Å². The molecule has 0 aliphatic carbocycles. The van der Waals surface area contributed by atoms with Gasteiger partial charge in [0, 0.05) is 20.2 Å². The topological polar surface area (TPSA) is 30.9 Å². The third-order valence-electron chi connectivity index (χ3n) is 4.63. The standard InChI is InChI=1S/C25H33NO3S.ClH/c1-5-26(14-8-6-7-13-25(2,3)27-4)15-16-28-17-18-29-24-11-9-10-22(20-24)23-12-19-30-21-23;/h6,8-12,19-21H,5,14-18H2,1-4H3;1H/b8-6+;. The lowest BCUT2D eigenvalue weighted by atomic mass is 10.1. The summed E-state index contributed by atoms with van der Waals surface area (Å²) in [5, 5.41) is 4.23. The number of halogens is 1. The molecule has 0 spiro atoms. The van der Waals surface area contributed by atoms with Crippen molar-refractivity contribution in [1.82, 2.24) is 4.90 Å². The molecule has 0 atom stereocenters. The van der Waals surface area contributed by atoms with Crippen molar-refractivity contribution in [2.75, 3.05) is 46.6 Å². The second-order valence-corrected chi connectivity index (χ2v) is 8.06. The van der Waals surface area contributed by atoms with Crippen LogP contribution in [0.25, 0.3) is 11.1 Å². The van der Waals surface area contributed by atoms with Crippen molar-refractivity contribution in [3.8, 4) is 28.7 Å². The van der Waals surface area contributed by atoms with Crippen LogP contribution in [0.5, 0.6) is 5.75 Å². The summed E-state index contributed by atoms with van der Waals surface area (Å²) in [5.41, 5.74) is 2.00. The zero-order valence-corrected chi connectivity index (χ0v) is 20.6. The SMILES string of the molecule is CCN(C/C=C/C#CC(C)(C)OC)CCOCCOc1cccc(-c2ccsc2)c1.Cl. The highest BCUT2D eigenvalue weighted by Crippen LogP contribution is 2.25. The zero-order chi connectivity index (χ0) is 21.7. The maximum atomic E-state index is 5.83. The third-order valence-corrected chi connectivity index (χ3v) is 5.32. The number of benzene rings is 1. The van der Waals surface area contributed by atoms with Gasteiger partial charge in [-0.3, -0.25) is 4.90 Å². The molecule has 0 saturated heterocycles. The van der Waals surface area contributed by atoms with E-state index in [1.165, 1.54) is 11.1 Å². The molecule has 2 rings (SSSR count). The van der Waals surface area contributed by atoms with Crippen LogP contribution in [-0.4, -0.2) is 57.1 Å². The Morgan fingerprint density at radius 1 is 1.13 bits per heavy atom. The predicted molar refractivity (Wildman–Crippen MR) is 133 cm³/mol. The van der Waals surface area contributed by atoms with Crippen molar-refractivity contribution < 1.29 is 14.2 Å². The second kappa shape index (κ2) is 15.1. The molecular formula is C25H34ClNO3S. The van der Waals surface area contributed by atoms with Crippen molar-refractivity contribution in [3.63, 3.8) is 0 Å². The van der Waals surface area contributed by atoms with E-state index in [0.717, 1.165) is 25.4 Å². The fourth-order valence-electron chi connectivity index (χ4n) is 2.61. The molecule has 4 nitrogen and oxygen atoms in total. The Labute approximate surface area is 197 Å². The number of rotatable bonds is 12. The van der Waals surface area contributed by atoms with E-state index in [0.29, 0.717) is 19.8 Å². The van der Waals surface area contributed by atoms with Gasteiger partial charge in [-0.15, -0.1) is 12.4 Å². The van der Waals surface area contributed by atoms with Crippen LogP contribution in [0.15, 0.2) is 53.2 Å². The van der Waals surface area contributed by atoms with Gasteiger partial charge < -0.3 is 14.2 Å². The van der Waals surface area contributed by atoms with Gasteiger partial charge in [0.25, 0.3) is 0 Å². The summed E-state index contributed by atoms with van der Waals surface area (Å²) >= 11 is 1.70. The van der Waals surface area contributed by atoms with Gasteiger partial charge in [-0.1, -0.05) is 37.0 Å². The monoisotopic (exact) mass is 463 g/mol. The first kappa shape index (κ1) is 27.2. The number of allylic oxidation sites excluding steroid dienone is 1. The summed E-state index contributed by atoms with van der Waals surface area (Å²) in [5.74, 6) is 6.99. The van der Waals surface area contributed by atoms with Crippen molar-refractivity contribution in [2.45, 2.75) is 26.4 Å². The van der Waals surface area contributed by atoms with Gasteiger partial charge in [0.1, 0.15) is 18.0 Å². The maximum absolute atomic E-state index is 5.83. The molecule has 0 N–H and O–H groups in total. The van der Waals surface area contributed by atoms with E-state index in [9.17, 15) is 0 Å². The summed E-state index contributed by atoms with van der Waals surface area (Å²) in [6.45, 7) is 10.6. The van der Waals surface area contributed by atoms with E-state index < -0.39 is 5.60 Å². The van der Waals surface area contributed by atoms with Crippen molar-refractivity contribution in [1.29, 1.82) is 0 Å². The van der Waals surface area contributed by atoms with Gasteiger partial charge in [-0.25, -0.2) is 0 Å². The van der Waals surface area contributed by atoms with Crippen LogP contribution in [-0.2, 0) is 9.47 Å². The average molecular weight is 464 g/mol. The summed E-state index contributed by atoms with van der Waals surface area (Å²) in [6.07, 6.45) is 3.97. The number of thiophene rings is 1. The Balaban J connectivity index is 0.00000480. The second-order valence-electron chi connectivity index (χ2n) is 7.28. The highest BCUT2D eigenvalue weighted by Gasteiger charge is 2.10. The molecule has 1 aromatic carbocycles. The van der Waals surface area contributed by atoms with E-state index in [1.54, 1.807) is 18.4 Å². The Kier molecular flexibility index (Phi) is 13.2. The third kappa shape index (κ3) is 10.9. The fourth-order valence-corrected chi connectivity index (χ4v) is 3.28. The first-order valence-electron chi connectivity index (χ1n) is 10.3. The number of ether oxygens (including phenoxy) is 3. The molecule has 0 radical (unpaired) electrons. The smallest absolute Gasteiger partial charge is 0.123 e. The maximum Gasteiger partial charge on any atom is 0.123 e. The molecule has 0 bridgehead atoms. The molecule has 0 aliphatic heterocycles. The first-order valence-corrected chi connectivity index (χ1v) is 11.3. The van der Waals surface area contributed by atoms with E-state index >= 15 is 0 Å². The van der Waals surface area contributed by atoms with Crippen LogP contribution in [0.4, 0.5) is 0 Å². The van der Waals surface area contributed by atoms with Crippen LogP contribution < -0.4 is 4.74 Å². The van der Waals surface area contributed by atoms with Crippen LogP contribution in [0, 0.1) is 11.8 Å². The number of hydrogen-bond acceptors (Lipinski definition) is 5. The molecular weight excluding hydrogens is 430 g/mol. The van der Waals surface area contributed by atoms with Crippen LogP contribution in [0.1, 0.15) is 20.8 Å². The van der Waals surface area contributed by atoms with Gasteiger partial charge >= 0.3 is 0 Å². The van der Waals surface area contributed by atoms with E-state index in [-0.39, 0.29) is 12.4 Å². The molecule has 31 heavy (non-hydrogen) atoms. The molecule has 170 valence electrons. The van der Waals surface area contributed by atoms with E-state index in [1.807, 2.05) is 32.1 Å². The molecule has 0 unspecified atom stereocenters. The Hall–Kier alpha value is -1.81. The highest BCUT2D eigenvalue weighted by molar-refractivity contribution is 7.08. The lowest BCUT2D eigenvalue weighted by Gasteiger charge is -2.18. The number of hydrogen-bond donors (Lipinski definition) is 0. The quantitative estimate of drug-likeness (QED) is 0.305. The summed E-state index contributed by atoms with van der Waals surface area (Å²) in [4.78, 5) is 2.31. The Morgan fingerprint density at radius 2 is 1.97 bits per heavy atom. The normalized spacial score (nSPS) is 11.3. The van der Waals surface area contributed by atoms with Crippen molar-refractivity contribution in [2.24, 2.45) is 0 Å². The van der Waals surface area contributed by atoms with Gasteiger partial charge in [-0.05, 0) is 66.6 Å². The molecule has 0 fully saturated rings.